The molecule has 0 aliphatic carbocycles. The molecule has 0 spiro atoms. The van der Waals surface area contributed by atoms with Crippen molar-refractivity contribution in [3.63, 3.8) is 0 Å². The lowest BCUT2D eigenvalue weighted by Crippen LogP contribution is -2.31. The molecule has 0 aliphatic rings. The van der Waals surface area contributed by atoms with Gasteiger partial charge in [-0.15, -0.1) is 0 Å². The van der Waals surface area contributed by atoms with Crippen LogP contribution in [0.15, 0.2) is 12.1 Å². The van der Waals surface area contributed by atoms with Gasteiger partial charge in [0.05, 0.1) is 22.8 Å². The molecule has 6 nitrogen and oxygen atoms in total. The summed E-state index contributed by atoms with van der Waals surface area (Å²) in [4.78, 5) is 23.7. The Hall–Kier alpha value is -2.51. The predicted octanol–water partition coefficient (Wildman–Crippen LogP) is 1.67. The first-order valence-electron chi connectivity index (χ1n) is 5.70. The van der Waals surface area contributed by atoms with Crippen LogP contribution in [0.5, 0.6) is 0 Å². The molecule has 8 heteroatoms. The van der Waals surface area contributed by atoms with E-state index in [9.17, 15) is 23.7 Å². The number of rotatable bonds is 2. The SMILES string of the molecule is CCOC(=O)c1c(C)n([O-])c2cc(F)c(F)cc2[n+]1=O. The molecule has 0 unspecified atom stereocenters. The minimum atomic E-state index is -1.29. The zero-order valence-electron chi connectivity index (χ0n) is 10.6. The number of fused-ring (bicyclic) bond motifs is 1. The van der Waals surface area contributed by atoms with Gasteiger partial charge in [0.15, 0.2) is 11.6 Å². The minimum absolute atomic E-state index is 0.00689. The van der Waals surface area contributed by atoms with Gasteiger partial charge in [-0.05, 0) is 13.8 Å². The number of carbonyl (C=O) groups excluding carboxylic acids is 1. The minimum Gasteiger partial charge on any atom is -0.805 e. The molecule has 0 aliphatic heterocycles. The quantitative estimate of drug-likeness (QED) is 0.620. The van der Waals surface area contributed by atoms with Gasteiger partial charge in [-0.2, -0.15) is 0 Å². The van der Waals surface area contributed by atoms with Gasteiger partial charge < -0.3 is 14.7 Å². The number of halogens is 2. The first-order chi connectivity index (χ1) is 9.38. The fourth-order valence-corrected chi connectivity index (χ4v) is 1.83. The van der Waals surface area contributed by atoms with Crippen LogP contribution in [0.25, 0.3) is 11.0 Å². The number of nitrogens with zero attached hydrogens (tertiary/aromatic N) is 2. The van der Waals surface area contributed by atoms with Crippen molar-refractivity contribution in [2.45, 2.75) is 13.8 Å². The summed E-state index contributed by atoms with van der Waals surface area (Å²) in [6, 6.07) is 1.17. The number of carbonyl (C=O) groups is 1. The van der Waals surface area contributed by atoms with Crippen LogP contribution in [0.2, 0.25) is 0 Å². The first-order valence-corrected chi connectivity index (χ1v) is 5.70. The van der Waals surface area contributed by atoms with Crippen LogP contribution >= 0.6 is 0 Å². The van der Waals surface area contributed by atoms with Crippen LogP contribution in [-0.4, -0.2) is 17.3 Å². The topological polar surface area (TPSA) is 77.3 Å². The summed E-state index contributed by atoms with van der Waals surface area (Å²) in [5, 5.41) is 11.9. The molecular weight excluding hydrogens is 274 g/mol. The van der Waals surface area contributed by atoms with Crippen LogP contribution in [-0.2, 0) is 4.74 Å². The monoisotopic (exact) mass is 284 g/mol. The zero-order chi connectivity index (χ0) is 15.0. The van der Waals surface area contributed by atoms with E-state index in [1.807, 2.05) is 0 Å². The van der Waals surface area contributed by atoms with Gasteiger partial charge in [0.2, 0.25) is 0 Å². The summed E-state index contributed by atoms with van der Waals surface area (Å²) in [6.07, 6.45) is 0. The predicted molar refractivity (Wildman–Crippen MR) is 64.7 cm³/mol. The van der Waals surface area contributed by atoms with E-state index >= 15 is 0 Å². The van der Waals surface area contributed by atoms with Crippen molar-refractivity contribution >= 4 is 17.0 Å². The summed E-state index contributed by atoms with van der Waals surface area (Å²) >= 11 is 0. The van der Waals surface area contributed by atoms with E-state index in [0.717, 1.165) is 0 Å². The Labute approximate surface area is 111 Å². The highest BCUT2D eigenvalue weighted by Gasteiger charge is 2.29. The maximum Gasteiger partial charge on any atom is 0.410 e. The molecule has 0 saturated heterocycles. The maximum absolute atomic E-state index is 13.2. The Morgan fingerprint density at radius 1 is 1.40 bits per heavy atom. The highest BCUT2D eigenvalue weighted by Crippen LogP contribution is 2.18. The Kier molecular flexibility index (Phi) is 3.39. The van der Waals surface area contributed by atoms with Gasteiger partial charge in [-0.25, -0.2) is 13.6 Å². The van der Waals surface area contributed by atoms with E-state index in [-0.39, 0.29) is 27.0 Å². The lowest BCUT2D eigenvalue weighted by molar-refractivity contribution is -0.469. The Morgan fingerprint density at radius 2 is 2.00 bits per heavy atom. The average Bonchev–Trinajstić information content (AvgIpc) is 2.39. The molecule has 0 amide bonds. The van der Waals surface area contributed by atoms with E-state index in [2.05, 4.69) is 4.74 Å². The van der Waals surface area contributed by atoms with Crippen LogP contribution < -0.4 is 4.43 Å². The van der Waals surface area contributed by atoms with Crippen molar-refractivity contribution in [1.82, 2.24) is 4.73 Å². The molecule has 0 bridgehead atoms. The summed E-state index contributed by atoms with van der Waals surface area (Å²) in [5.74, 6) is -3.55. The van der Waals surface area contributed by atoms with Crippen LogP contribution in [0, 0.1) is 28.7 Å². The number of hydrogen-bond donors (Lipinski definition) is 0. The Morgan fingerprint density at radius 3 is 2.60 bits per heavy atom. The molecule has 0 radical (unpaired) electrons. The van der Waals surface area contributed by atoms with E-state index in [1.54, 1.807) is 0 Å². The fourth-order valence-electron chi connectivity index (χ4n) is 1.83. The van der Waals surface area contributed by atoms with Crippen molar-refractivity contribution < 1.29 is 22.7 Å². The second-order valence-corrected chi connectivity index (χ2v) is 4.00. The molecule has 1 aromatic heterocycles. The molecule has 1 heterocycles. The third-order valence-corrected chi connectivity index (χ3v) is 2.77. The lowest BCUT2D eigenvalue weighted by Gasteiger charge is -2.16. The van der Waals surface area contributed by atoms with Crippen molar-refractivity contribution in [2.75, 3.05) is 6.61 Å². The normalized spacial score (nSPS) is 10.8. The number of ether oxygens (including phenoxy) is 1. The van der Waals surface area contributed by atoms with Crippen LogP contribution in [0.3, 0.4) is 0 Å². The van der Waals surface area contributed by atoms with Crippen molar-refractivity contribution in [1.29, 1.82) is 0 Å². The Balaban J connectivity index is 2.89. The average molecular weight is 284 g/mol. The summed E-state index contributed by atoms with van der Waals surface area (Å²) in [6.45, 7) is 2.75. The van der Waals surface area contributed by atoms with E-state index < -0.39 is 28.8 Å². The van der Waals surface area contributed by atoms with Gasteiger partial charge in [0.25, 0.3) is 5.52 Å². The molecule has 2 rings (SSSR count). The molecule has 0 saturated carbocycles. The summed E-state index contributed by atoms with van der Waals surface area (Å²) in [5.41, 5.74) is -1.63. The van der Waals surface area contributed by atoms with Crippen molar-refractivity contribution in [3.8, 4) is 0 Å². The fraction of sp³-hybridized carbons (Fsp3) is 0.250. The summed E-state index contributed by atoms with van der Waals surface area (Å²) < 4.78 is 31.3. The molecule has 106 valence electrons. The van der Waals surface area contributed by atoms with Gasteiger partial charge in [-0.1, -0.05) is 0 Å². The molecule has 0 fully saturated rings. The molecule has 2 aromatic rings. The first kappa shape index (κ1) is 13.9. The van der Waals surface area contributed by atoms with Gasteiger partial charge >= 0.3 is 11.7 Å². The van der Waals surface area contributed by atoms with Crippen LogP contribution in [0.4, 0.5) is 8.78 Å². The molecule has 20 heavy (non-hydrogen) atoms. The van der Waals surface area contributed by atoms with E-state index in [4.69, 9.17) is 0 Å². The second kappa shape index (κ2) is 4.87. The van der Waals surface area contributed by atoms with E-state index in [1.165, 1.54) is 13.8 Å². The van der Waals surface area contributed by atoms with Gasteiger partial charge in [0, 0.05) is 11.0 Å². The Bertz CT molecular complexity index is 770. The summed E-state index contributed by atoms with van der Waals surface area (Å²) in [7, 11) is 0. The highest BCUT2D eigenvalue weighted by atomic mass is 19.2. The number of aromatic nitrogens is 2. The third kappa shape index (κ3) is 1.98. The lowest BCUT2D eigenvalue weighted by atomic mass is 10.2. The molecule has 0 N–H and O–H groups in total. The van der Waals surface area contributed by atoms with Crippen molar-refractivity contribution in [3.05, 3.63) is 45.3 Å². The smallest absolute Gasteiger partial charge is 0.410 e. The standard InChI is InChI=1S/C12H10F2N2O4/c1-3-20-12(17)11-6(2)15(18)9-4-7(13)8(14)5-10(9)16(11)19/h4-5H,3H2,1-2H3. The molecular formula is C12H10F2N2O4. The molecule has 0 atom stereocenters. The highest BCUT2D eigenvalue weighted by molar-refractivity contribution is 5.88. The maximum atomic E-state index is 13.2. The van der Waals surface area contributed by atoms with E-state index in [0.29, 0.717) is 12.1 Å². The second-order valence-electron chi connectivity index (χ2n) is 4.00. The number of benzene rings is 1. The van der Waals surface area contributed by atoms with Gasteiger partial charge in [0.1, 0.15) is 5.52 Å². The third-order valence-electron chi connectivity index (χ3n) is 2.77. The zero-order valence-corrected chi connectivity index (χ0v) is 10.6. The van der Waals surface area contributed by atoms with Crippen LogP contribution in [0.1, 0.15) is 23.1 Å². The largest absolute Gasteiger partial charge is 0.805 e. The van der Waals surface area contributed by atoms with Crippen molar-refractivity contribution in [2.24, 2.45) is 0 Å². The van der Waals surface area contributed by atoms with Gasteiger partial charge in [-0.3, -0.25) is 0 Å². The number of hydrogen-bond acceptors (Lipinski definition) is 4. The number of esters is 1. The molecule has 1 aromatic carbocycles.